The van der Waals surface area contributed by atoms with E-state index in [2.05, 4.69) is 4.98 Å². The minimum Gasteiger partial charge on any atom is -0.493 e. The Morgan fingerprint density at radius 3 is 2.52 bits per heavy atom. The molecule has 1 heterocycles. The van der Waals surface area contributed by atoms with Gasteiger partial charge in [0.1, 0.15) is 6.10 Å². The average Bonchev–Trinajstić information content (AvgIpc) is 3.19. The molecule has 0 amide bonds. The van der Waals surface area contributed by atoms with Crippen molar-refractivity contribution >= 4 is 11.8 Å². The molecular formula is C23H21F3N2O4S. The van der Waals surface area contributed by atoms with Crippen LogP contribution in [0.5, 0.6) is 11.5 Å². The normalized spacial score (nSPS) is 18.3. The molecule has 10 heteroatoms. The second kappa shape index (κ2) is 9.48. The van der Waals surface area contributed by atoms with Crippen LogP contribution in [-0.2, 0) is 6.18 Å². The summed E-state index contributed by atoms with van der Waals surface area (Å²) in [6.07, 6.45) is 0.0116. The van der Waals surface area contributed by atoms with Gasteiger partial charge in [0.25, 0.3) is 5.56 Å². The fraction of sp³-hybridized carbons (Fsp3) is 0.304. The summed E-state index contributed by atoms with van der Waals surface area (Å²) >= 11 is 0.982. The average molecular weight is 478 g/mol. The lowest BCUT2D eigenvalue weighted by Crippen LogP contribution is -2.26. The zero-order valence-electron chi connectivity index (χ0n) is 17.6. The van der Waals surface area contributed by atoms with Gasteiger partial charge < -0.3 is 14.6 Å². The molecular weight excluding hydrogens is 457 g/mol. The smallest absolute Gasteiger partial charge is 0.416 e. The lowest BCUT2D eigenvalue weighted by Gasteiger charge is -2.19. The number of aromatic nitrogens is 2. The van der Waals surface area contributed by atoms with Crippen LogP contribution in [0.1, 0.15) is 24.8 Å². The fourth-order valence-corrected chi connectivity index (χ4v) is 4.40. The first-order chi connectivity index (χ1) is 15.8. The van der Waals surface area contributed by atoms with Gasteiger partial charge in [0.2, 0.25) is 0 Å². The number of halogens is 3. The summed E-state index contributed by atoms with van der Waals surface area (Å²) in [6, 6.07) is 9.55. The molecule has 1 fully saturated rings. The molecule has 0 unspecified atom stereocenters. The first-order valence-corrected chi connectivity index (χ1v) is 11.0. The third-order valence-corrected chi connectivity index (χ3v) is 6.31. The molecule has 0 aliphatic heterocycles. The van der Waals surface area contributed by atoms with Crippen molar-refractivity contribution in [3.05, 3.63) is 70.8 Å². The summed E-state index contributed by atoms with van der Waals surface area (Å²) in [5, 5.41) is 10.1. The molecule has 1 aliphatic carbocycles. The first-order valence-electron chi connectivity index (χ1n) is 10.2. The Bertz CT molecular complexity index is 1180. The lowest BCUT2D eigenvalue weighted by molar-refractivity contribution is -0.137. The van der Waals surface area contributed by atoms with Gasteiger partial charge in [-0.15, -0.1) is 0 Å². The van der Waals surface area contributed by atoms with Crippen LogP contribution in [0.25, 0.3) is 5.69 Å². The molecule has 3 aromatic rings. The van der Waals surface area contributed by atoms with Crippen molar-refractivity contribution in [2.45, 2.75) is 47.6 Å². The van der Waals surface area contributed by atoms with E-state index >= 15 is 0 Å². The van der Waals surface area contributed by atoms with E-state index in [0.717, 1.165) is 36.7 Å². The molecule has 174 valence electrons. The number of hydrogen-bond donors (Lipinski definition) is 1. The Morgan fingerprint density at radius 1 is 1.12 bits per heavy atom. The minimum absolute atomic E-state index is 0.116. The number of ether oxygens (including phenoxy) is 2. The van der Waals surface area contributed by atoms with Gasteiger partial charge >= 0.3 is 6.18 Å². The van der Waals surface area contributed by atoms with Crippen LogP contribution in [0.15, 0.2) is 69.6 Å². The van der Waals surface area contributed by atoms with E-state index in [1.165, 1.54) is 36.2 Å². The summed E-state index contributed by atoms with van der Waals surface area (Å²) in [4.78, 5) is 17.6. The summed E-state index contributed by atoms with van der Waals surface area (Å²) < 4.78 is 51.0. The van der Waals surface area contributed by atoms with Crippen molar-refractivity contribution < 1.29 is 27.8 Å². The van der Waals surface area contributed by atoms with Gasteiger partial charge in [-0.05, 0) is 55.7 Å². The van der Waals surface area contributed by atoms with Gasteiger partial charge in [0.15, 0.2) is 16.5 Å². The number of rotatable bonds is 6. The maximum absolute atomic E-state index is 13.0. The highest BCUT2D eigenvalue weighted by atomic mass is 32.2. The second-order valence-electron chi connectivity index (χ2n) is 7.52. The quantitative estimate of drug-likeness (QED) is 0.554. The van der Waals surface area contributed by atoms with Crippen molar-refractivity contribution in [3.8, 4) is 17.2 Å². The Hall–Kier alpha value is -2.98. The summed E-state index contributed by atoms with van der Waals surface area (Å²) in [5.41, 5.74) is -0.679. The van der Waals surface area contributed by atoms with Crippen LogP contribution in [0.2, 0.25) is 0 Å². The monoisotopic (exact) mass is 478 g/mol. The molecule has 2 atom stereocenters. The van der Waals surface area contributed by atoms with Crippen molar-refractivity contribution in [1.82, 2.24) is 9.55 Å². The Labute approximate surface area is 192 Å². The zero-order valence-corrected chi connectivity index (χ0v) is 18.4. The molecule has 6 nitrogen and oxygen atoms in total. The lowest BCUT2D eigenvalue weighted by atomic mass is 10.2. The maximum atomic E-state index is 13.0. The zero-order chi connectivity index (χ0) is 23.6. The standard InChI is InChI=1S/C23H21F3N2O4S/c1-31-20-13-15(7-10-19(20)32-18-4-2-3-17(18)29)28-12-11-27-21(22(28)30)33-16-8-5-14(6-9-16)23(24,25)26/h5-13,17-18,29H,2-4H2,1H3/t17-,18+/m1/s1. The highest BCUT2D eigenvalue weighted by Gasteiger charge is 2.30. The Morgan fingerprint density at radius 2 is 1.88 bits per heavy atom. The Balaban J connectivity index is 1.58. The molecule has 2 aromatic carbocycles. The van der Waals surface area contributed by atoms with Crippen molar-refractivity contribution in [2.24, 2.45) is 0 Å². The van der Waals surface area contributed by atoms with Crippen LogP contribution >= 0.6 is 11.8 Å². The van der Waals surface area contributed by atoms with Gasteiger partial charge in [-0.3, -0.25) is 9.36 Å². The van der Waals surface area contributed by atoms with Gasteiger partial charge in [0.05, 0.1) is 24.5 Å². The van der Waals surface area contributed by atoms with Crippen LogP contribution in [0.4, 0.5) is 13.2 Å². The van der Waals surface area contributed by atoms with Gasteiger partial charge in [-0.1, -0.05) is 11.8 Å². The SMILES string of the molecule is COc1cc(-n2ccnc(Sc3ccc(C(F)(F)F)cc3)c2=O)ccc1O[C@H]1CCC[C@H]1O. The number of alkyl halides is 3. The minimum atomic E-state index is -4.42. The van der Waals surface area contributed by atoms with Gasteiger partial charge in [-0.2, -0.15) is 13.2 Å². The molecule has 0 radical (unpaired) electrons. The number of methoxy groups -OCH3 is 1. The molecule has 0 saturated heterocycles. The number of hydrogen-bond acceptors (Lipinski definition) is 6. The van der Waals surface area contributed by atoms with E-state index in [1.807, 2.05) is 0 Å². The highest BCUT2D eigenvalue weighted by molar-refractivity contribution is 7.99. The van der Waals surface area contributed by atoms with E-state index in [1.54, 1.807) is 18.2 Å². The maximum Gasteiger partial charge on any atom is 0.416 e. The van der Waals surface area contributed by atoms with Gasteiger partial charge in [0, 0.05) is 23.4 Å². The van der Waals surface area contributed by atoms with Crippen LogP contribution < -0.4 is 15.0 Å². The molecule has 33 heavy (non-hydrogen) atoms. The number of aliphatic hydroxyl groups excluding tert-OH is 1. The molecule has 1 saturated carbocycles. The molecule has 4 rings (SSSR count). The molecule has 1 aromatic heterocycles. The van der Waals surface area contributed by atoms with Crippen molar-refractivity contribution in [1.29, 1.82) is 0 Å². The van der Waals surface area contributed by atoms with Gasteiger partial charge in [-0.25, -0.2) is 4.98 Å². The third kappa shape index (κ3) is 5.17. The summed E-state index contributed by atoms with van der Waals surface area (Å²) in [7, 11) is 1.48. The van der Waals surface area contributed by atoms with E-state index in [0.29, 0.717) is 28.5 Å². The predicted molar refractivity (Wildman–Crippen MR) is 116 cm³/mol. The molecule has 0 spiro atoms. The largest absolute Gasteiger partial charge is 0.493 e. The fourth-order valence-electron chi connectivity index (χ4n) is 3.60. The van der Waals surface area contributed by atoms with E-state index in [-0.39, 0.29) is 11.1 Å². The molecule has 0 bridgehead atoms. The summed E-state index contributed by atoms with van der Waals surface area (Å²) in [6.45, 7) is 0. The van der Waals surface area contributed by atoms with E-state index < -0.39 is 23.4 Å². The molecule has 1 N–H and O–H groups in total. The predicted octanol–water partition coefficient (Wildman–Crippen LogP) is 4.70. The first kappa shape index (κ1) is 23.2. The second-order valence-corrected chi connectivity index (χ2v) is 8.58. The topological polar surface area (TPSA) is 73.6 Å². The highest BCUT2D eigenvalue weighted by Crippen LogP contribution is 2.34. The Kier molecular flexibility index (Phi) is 6.66. The number of aliphatic hydroxyl groups is 1. The van der Waals surface area contributed by atoms with Crippen molar-refractivity contribution in [3.63, 3.8) is 0 Å². The number of benzene rings is 2. The van der Waals surface area contributed by atoms with Crippen LogP contribution in [0, 0.1) is 0 Å². The third-order valence-electron chi connectivity index (χ3n) is 5.33. The van der Waals surface area contributed by atoms with Crippen LogP contribution in [-0.4, -0.2) is 34.0 Å². The molecule has 1 aliphatic rings. The van der Waals surface area contributed by atoms with Crippen molar-refractivity contribution in [2.75, 3.05) is 7.11 Å². The van der Waals surface area contributed by atoms with E-state index in [4.69, 9.17) is 9.47 Å². The summed E-state index contributed by atoms with van der Waals surface area (Å²) in [5.74, 6) is 0.876. The van der Waals surface area contributed by atoms with E-state index in [9.17, 15) is 23.1 Å². The van der Waals surface area contributed by atoms with Crippen LogP contribution in [0.3, 0.4) is 0 Å². The number of nitrogens with zero attached hydrogens (tertiary/aromatic N) is 2.